The van der Waals surface area contributed by atoms with Gasteiger partial charge in [-0.05, 0) is 26.3 Å². The van der Waals surface area contributed by atoms with Crippen LogP contribution in [0.25, 0.3) is 0 Å². The maximum Gasteiger partial charge on any atom is 0.372 e. The Bertz CT molecular complexity index is 414. The lowest BCUT2D eigenvalue weighted by Crippen LogP contribution is -2.47. The van der Waals surface area contributed by atoms with Gasteiger partial charge in [0.15, 0.2) is 0 Å². The molecule has 2 heterocycles. The highest BCUT2D eigenvalue weighted by Gasteiger charge is 2.36. The third-order valence-electron chi connectivity index (χ3n) is 3.51. The van der Waals surface area contributed by atoms with Crippen LogP contribution in [-0.4, -0.2) is 29.3 Å². The molecular weight excluding hydrogens is 222 g/mol. The highest BCUT2D eigenvalue weighted by molar-refractivity contribution is 5.86. The highest BCUT2D eigenvalue weighted by Crippen LogP contribution is 2.25. The van der Waals surface area contributed by atoms with Crippen molar-refractivity contribution in [1.82, 2.24) is 5.32 Å². The van der Waals surface area contributed by atoms with Crippen LogP contribution in [0.4, 0.5) is 0 Å². The van der Waals surface area contributed by atoms with Crippen molar-refractivity contribution in [3.05, 3.63) is 23.7 Å². The van der Waals surface area contributed by atoms with Crippen molar-refractivity contribution < 1.29 is 19.1 Å². The van der Waals surface area contributed by atoms with Crippen molar-refractivity contribution in [1.29, 1.82) is 0 Å². The van der Waals surface area contributed by atoms with Crippen LogP contribution in [0.5, 0.6) is 0 Å². The van der Waals surface area contributed by atoms with E-state index in [-0.39, 0.29) is 17.4 Å². The van der Waals surface area contributed by atoms with Crippen LogP contribution in [0, 0.1) is 0 Å². The molecule has 17 heavy (non-hydrogen) atoms. The summed E-state index contributed by atoms with van der Waals surface area (Å²) in [5, 5.41) is 12.3. The molecule has 1 aromatic rings. The van der Waals surface area contributed by atoms with E-state index in [1.54, 1.807) is 6.07 Å². The number of nitrogens with one attached hydrogen (secondary N) is 1. The molecule has 0 amide bonds. The molecule has 2 rings (SSSR count). The molecule has 1 fully saturated rings. The quantitative estimate of drug-likeness (QED) is 0.835. The number of furan rings is 1. The molecule has 5 nitrogen and oxygen atoms in total. The molecule has 2 atom stereocenters. The number of carbonyl (C=O) groups is 1. The van der Waals surface area contributed by atoms with Crippen molar-refractivity contribution in [3.63, 3.8) is 0 Å². The van der Waals surface area contributed by atoms with Gasteiger partial charge in [0.2, 0.25) is 5.76 Å². The monoisotopic (exact) mass is 239 g/mol. The van der Waals surface area contributed by atoms with E-state index in [0.29, 0.717) is 12.1 Å². The van der Waals surface area contributed by atoms with E-state index < -0.39 is 5.97 Å². The molecule has 1 aliphatic heterocycles. The number of aromatic carboxylic acids is 1. The van der Waals surface area contributed by atoms with E-state index in [1.807, 2.05) is 6.92 Å². The van der Waals surface area contributed by atoms with Crippen LogP contribution in [0.2, 0.25) is 0 Å². The second-order valence-corrected chi connectivity index (χ2v) is 4.61. The van der Waals surface area contributed by atoms with Gasteiger partial charge in [-0.15, -0.1) is 0 Å². The summed E-state index contributed by atoms with van der Waals surface area (Å²) in [6.07, 6.45) is 2.45. The van der Waals surface area contributed by atoms with Crippen LogP contribution >= 0.6 is 0 Å². The van der Waals surface area contributed by atoms with Crippen molar-refractivity contribution >= 4 is 5.97 Å². The van der Waals surface area contributed by atoms with Crippen LogP contribution in [0.3, 0.4) is 0 Å². The van der Waals surface area contributed by atoms with Gasteiger partial charge in [0.05, 0.1) is 12.4 Å². The van der Waals surface area contributed by atoms with Gasteiger partial charge < -0.3 is 19.6 Å². The van der Waals surface area contributed by atoms with Crippen molar-refractivity contribution in [3.8, 4) is 0 Å². The van der Waals surface area contributed by atoms with Crippen molar-refractivity contribution in [2.75, 3.05) is 6.61 Å². The average Bonchev–Trinajstić information content (AvgIpc) is 2.85. The van der Waals surface area contributed by atoms with Gasteiger partial charge in [-0.2, -0.15) is 0 Å². The Morgan fingerprint density at radius 2 is 2.47 bits per heavy atom. The smallest absolute Gasteiger partial charge is 0.372 e. The number of carboxylic acid groups (broad SMARTS) is 1. The Morgan fingerprint density at radius 3 is 3.06 bits per heavy atom. The molecule has 0 radical (unpaired) electrons. The molecule has 0 saturated carbocycles. The summed E-state index contributed by atoms with van der Waals surface area (Å²) in [4.78, 5) is 10.9. The molecule has 2 unspecified atom stereocenters. The zero-order valence-corrected chi connectivity index (χ0v) is 10.0. The van der Waals surface area contributed by atoms with Crippen LogP contribution in [-0.2, 0) is 11.3 Å². The predicted octanol–water partition coefficient (Wildman–Crippen LogP) is 1.63. The minimum Gasteiger partial charge on any atom is -0.475 e. The maximum absolute atomic E-state index is 10.9. The summed E-state index contributed by atoms with van der Waals surface area (Å²) >= 11 is 0. The second kappa shape index (κ2) is 4.50. The molecular formula is C12H17NO4. The van der Waals surface area contributed by atoms with Crippen LogP contribution < -0.4 is 5.32 Å². The summed E-state index contributed by atoms with van der Waals surface area (Å²) in [5.41, 5.74) is 0.561. The standard InChI is InChI=1S/C12H17NO4/c1-8-12(2,4-6-16-8)13-7-9-3-5-17-10(9)11(14)15/h3,5,8,13H,4,6-7H2,1-2H3,(H,14,15). The molecule has 94 valence electrons. The molecule has 5 heteroatoms. The van der Waals surface area contributed by atoms with Gasteiger partial charge in [-0.3, -0.25) is 0 Å². The largest absolute Gasteiger partial charge is 0.475 e. The van der Waals surface area contributed by atoms with Gasteiger partial charge in [0.25, 0.3) is 0 Å². The minimum atomic E-state index is -1.03. The molecule has 1 aliphatic rings. The summed E-state index contributed by atoms with van der Waals surface area (Å²) in [5.74, 6) is -1.03. The first-order valence-electron chi connectivity index (χ1n) is 5.69. The second-order valence-electron chi connectivity index (χ2n) is 4.61. The molecule has 0 bridgehead atoms. The van der Waals surface area contributed by atoms with Crippen LogP contribution in [0.1, 0.15) is 36.4 Å². The number of ether oxygens (including phenoxy) is 1. The first-order valence-corrected chi connectivity index (χ1v) is 5.69. The number of hydrogen-bond acceptors (Lipinski definition) is 4. The SMILES string of the molecule is CC1OCCC1(C)NCc1ccoc1C(=O)O. The zero-order valence-electron chi connectivity index (χ0n) is 10.0. The Kier molecular flexibility index (Phi) is 3.22. The summed E-state index contributed by atoms with van der Waals surface area (Å²) in [6, 6.07) is 1.68. The lowest BCUT2D eigenvalue weighted by molar-refractivity contribution is 0.0659. The first-order chi connectivity index (χ1) is 8.03. The zero-order chi connectivity index (χ0) is 12.5. The number of hydrogen-bond donors (Lipinski definition) is 2. The lowest BCUT2D eigenvalue weighted by Gasteiger charge is -2.28. The van der Waals surface area contributed by atoms with Crippen molar-refractivity contribution in [2.24, 2.45) is 0 Å². The maximum atomic E-state index is 10.9. The van der Waals surface area contributed by atoms with Crippen molar-refractivity contribution in [2.45, 2.75) is 38.5 Å². The van der Waals surface area contributed by atoms with E-state index in [2.05, 4.69) is 12.2 Å². The summed E-state index contributed by atoms with van der Waals surface area (Å²) in [6.45, 7) is 5.32. The predicted molar refractivity (Wildman–Crippen MR) is 60.9 cm³/mol. The van der Waals surface area contributed by atoms with Crippen LogP contribution in [0.15, 0.2) is 16.7 Å². The highest BCUT2D eigenvalue weighted by atomic mass is 16.5. The number of carboxylic acids is 1. The molecule has 0 aromatic carbocycles. The molecule has 0 spiro atoms. The van der Waals surface area contributed by atoms with E-state index in [9.17, 15) is 4.79 Å². The molecule has 2 N–H and O–H groups in total. The van der Waals surface area contributed by atoms with Gasteiger partial charge in [-0.25, -0.2) is 4.79 Å². The van der Waals surface area contributed by atoms with Gasteiger partial charge in [0.1, 0.15) is 0 Å². The Balaban J connectivity index is 2.02. The Hall–Kier alpha value is -1.33. The minimum absolute atomic E-state index is 0.00710. The number of rotatable bonds is 4. The fourth-order valence-corrected chi connectivity index (χ4v) is 2.03. The van der Waals surface area contributed by atoms with Gasteiger partial charge in [0, 0.05) is 24.3 Å². The van der Waals surface area contributed by atoms with Gasteiger partial charge in [-0.1, -0.05) is 0 Å². The normalized spacial score (nSPS) is 28.5. The topological polar surface area (TPSA) is 71.7 Å². The lowest BCUT2D eigenvalue weighted by atomic mass is 9.94. The van der Waals surface area contributed by atoms with E-state index in [4.69, 9.17) is 14.3 Å². The average molecular weight is 239 g/mol. The molecule has 1 saturated heterocycles. The van der Waals surface area contributed by atoms with Gasteiger partial charge >= 0.3 is 5.97 Å². The first kappa shape index (κ1) is 12.1. The molecule has 1 aromatic heterocycles. The fraction of sp³-hybridized carbons (Fsp3) is 0.583. The third-order valence-corrected chi connectivity index (χ3v) is 3.51. The summed E-state index contributed by atoms with van der Waals surface area (Å²) in [7, 11) is 0. The Morgan fingerprint density at radius 1 is 1.71 bits per heavy atom. The third kappa shape index (κ3) is 2.35. The Labute approximate surface area is 99.8 Å². The van der Waals surface area contributed by atoms with E-state index in [1.165, 1.54) is 6.26 Å². The molecule has 0 aliphatic carbocycles. The summed E-state index contributed by atoms with van der Waals surface area (Å²) < 4.78 is 10.4. The fourth-order valence-electron chi connectivity index (χ4n) is 2.03. The van der Waals surface area contributed by atoms with E-state index >= 15 is 0 Å². The van der Waals surface area contributed by atoms with E-state index in [0.717, 1.165) is 13.0 Å².